The predicted octanol–water partition coefficient (Wildman–Crippen LogP) is 5.15. The Morgan fingerprint density at radius 2 is 1.50 bits per heavy atom. The van der Waals surface area contributed by atoms with Crippen LogP contribution in [0, 0.1) is 0 Å². The lowest BCUT2D eigenvalue weighted by atomic mass is 9.63. The minimum absolute atomic E-state index is 0.0670. The third-order valence-corrected chi connectivity index (χ3v) is 6.34. The standard InChI is InChI=1S/C25H26N2O3/c1-24(2)11-12-25(3,4)19-13-17(9-10-18(19)24)21-14-20(26-23(30)27-21)15-5-7-16(8-6-15)22(28)29/h5-10,13-14H,11-12H2,1-4H3,(H,28,29)(H,26,27,30). The van der Waals surface area contributed by atoms with Crippen molar-refractivity contribution in [3.05, 3.63) is 75.7 Å². The first-order valence-electron chi connectivity index (χ1n) is 10.2. The van der Waals surface area contributed by atoms with Gasteiger partial charge in [-0.05, 0) is 64.6 Å². The summed E-state index contributed by atoms with van der Waals surface area (Å²) >= 11 is 0. The molecule has 2 N–H and O–H groups in total. The van der Waals surface area contributed by atoms with Crippen LogP contribution in [0.5, 0.6) is 0 Å². The van der Waals surface area contributed by atoms with Crippen LogP contribution in [0.1, 0.15) is 62.0 Å². The van der Waals surface area contributed by atoms with Crippen molar-refractivity contribution in [3.63, 3.8) is 0 Å². The number of H-pyrrole nitrogens is 1. The van der Waals surface area contributed by atoms with E-state index in [0.29, 0.717) is 11.4 Å². The molecule has 1 aliphatic carbocycles. The van der Waals surface area contributed by atoms with E-state index in [-0.39, 0.29) is 16.4 Å². The van der Waals surface area contributed by atoms with Crippen LogP contribution < -0.4 is 5.69 Å². The maximum atomic E-state index is 12.3. The molecular formula is C25H26N2O3. The number of hydrogen-bond acceptors (Lipinski definition) is 3. The fourth-order valence-electron chi connectivity index (χ4n) is 4.30. The molecular weight excluding hydrogens is 376 g/mol. The van der Waals surface area contributed by atoms with Crippen LogP contribution in [-0.2, 0) is 10.8 Å². The number of carbonyl (C=O) groups is 1. The van der Waals surface area contributed by atoms with Gasteiger partial charge in [0, 0.05) is 5.56 Å². The van der Waals surface area contributed by atoms with E-state index in [4.69, 9.17) is 5.11 Å². The molecule has 0 aliphatic heterocycles. The van der Waals surface area contributed by atoms with Crippen LogP contribution in [0.4, 0.5) is 0 Å². The second-order valence-electron chi connectivity index (χ2n) is 9.40. The van der Waals surface area contributed by atoms with Crippen LogP contribution in [0.3, 0.4) is 0 Å². The molecule has 0 bridgehead atoms. The Kier molecular flexibility index (Phi) is 4.64. The SMILES string of the molecule is CC1(C)CCC(C)(C)c2cc(-c3cc(-c4ccc(C(=O)O)cc4)[nH]c(=O)n3)ccc21. The van der Waals surface area contributed by atoms with E-state index in [9.17, 15) is 9.59 Å². The number of carboxylic acids is 1. The number of carboxylic acid groups (broad SMARTS) is 1. The highest BCUT2D eigenvalue weighted by molar-refractivity contribution is 5.88. The average molecular weight is 402 g/mol. The summed E-state index contributed by atoms with van der Waals surface area (Å²) in [4.78, 5) is 30.3. The highest BCUT2D eigenvalue weighted by Crippen LogP contribution is 2.46. The van der Waals surface area contributed by atoms with Gasteiger partial charge in [-0.25, -0.2) is 9.59 Å². The molecule has 1 aliphatic rings. The monoisotopic (exact) mass is 402 g/mol. The summed E-state index contributed by atoms with van der Waals surface area (Å²) in [6, 6.07) is 14.7. The highest BCUT2D eigenvalue weighted by Gasteiger charge is 2.37. The normalized spacial score (nSPS) is 16.7. The molecule has 0 saturated carbocycles. The molecule has 0 amide bonds. The third-order valence-electron chi connectivity index (χ3n) is 6.34. The van der Waals surface area contributed by atoms with Crippen molar-refractivity contribution < 1.29 is 9.90 Å². The number of rotatable bonds is 3. The van der Waals surface area contributed by atoms with Crippen molar-refractivity contribution in [1.29, 1.82) is 0 Å². The zero-order valence-corrected chi connectivity index (χ0v) is 17.7. The molecule has 5 heteroatoms. The van der Waals surface area contributed by atoms with Gasteiger partial charge in [0.05, 0.1) is 17.0 Å². The quantitative estimate of drug-likeness (QED) is 0.634. The largest absolute Gasteiger partial charge is 0.478 e. The minimum atomic E-state index is -0.981. The summed E-state index contributed by atoms with van der Waals surface area (Å²) in [7, 11) is 0. The molecule has 3 aromatic rings. The van der Waals surface area contributed by atoms with Gasteiger partial charge < -0.3 is 10.1 Å². The van der Waals surface area contributed by atoms with Gasteiger partial charge in [0.2, 0.25) is 0 Å². The van der Waals surface area contributed by atoms with Gasteiger partial charge in [0.25, 0.3) is 0 Å². The molecule has 154 valence electrons. The van der Waals surface area contributed by atoms with Crippen molar-refractivity contribution >= 4 is 5.97 Å². The summed E-state index contributed by atoms with van der Waals surface area (Å²) in [5.41, 5.74) is 5.51. The molecule has 0 unspecified atom stereocenters. The fourth-order valence-corrected chi connectivity index (χ4v) is 4.30. The topological polar surface area (TPSA) is 83.0 Å². The number of fused-ring (bicyclic) bond motifs is 1. The molecule has 4 rings (SSSR count). The van der Waals surface area contributed by atoms with Gasteiger partial charge in [-0.1, -0.05) is 52.0 Å². The van der Waals surface area contributed by atoms with Crippen LogP contribution in [0.2, 0.25) is 0 Å². The Morgan fingerprint density at radius 1 is 0.900 bits per heavy atom. The van der Waals surface area contributed by atoms with Crippen molar-refractivity contribution in [1.82, 2.24) is 9.97 Å². The van der Waals surface area contributed by atoms with Gasteiger partial charge in [-0.15, -0.1) is 0 Å². The number of nitrogens with zero attached hydrogens (tertiary/aromatic N) is 1. The number of benzene rings is 2. The van der Waals surface area contributed by atoms with E-state index in [1.807, 2.05) is 12.1 Å². The fraction of sp³-hybridized carbons (Fsp3) is 0.320. The predicted molar refractivity (Wildman–Crippen MR) is 118 cm³/mol. The third kappa shape index (κ3) is 3.56. The van der Waals surface area contributed by atoms with Gasteiger partial charge >= 0.3 is 11.7 Å². The number of aromatic nitrogens is 2. The van der Waals surface area contributed by atoms with Gasteiger partial charge in [0.15, 0.2) is 0 Å². The van der Waals surface area contributed by atoms with E-state index >= 15 is 0 Å². The van der Waals surface area contributed by atoms with Crippen LogP contribution >= 0.6 is 0 Å². The maximum absolute atomic E-state index is 12.3. The second-order valence-corrected chi connectivity index (χ2v) is 9.40. The summed E-state index contributed by atoms with van der Waals surface area (Å²) in [5.74, 6) is -0.981. The van der Waals surface area contributed by atoms with Crippen LogP contribution in [-0.4, -0.2) is 21.0 Å². The molecule has 0 spiro atoms. The van der Waals surface area contributed by atoms with E-state index in [1.165, 1.54) is 23.3 Å². The molecule has 2 aromatic carbocycles. The van der Waals surface area contributed by atoms with E-state index < -0.39 is 11.7 Å². The number of aromatic carboxylic acids is 1. The lowest BCUT2D eigenvalue weighted by Gasteiger charge is -2.42. The van der Waals surface area contributed by atoms with Gasteiger partial charge in [-0.3, -0.25) is 0 Å². The molecule has 1 aromatic heterocycles. The Labute approximate surface area is 175 Å². The molecule has 5 nitrogen and oxygen atoms in total. The van der Waals surface area contributed by atoms with Gasteiger partial charge in [0.1, 0.15) is 0 Å². The first-order chi connectivity index (χ1) is 14.1. The zero-order chi connectivity index (χ0) is 21.7. The van der Waals surface area contributed by atoms with Crippen molar-refractivity contribution in [2.24, 2.45) is 0 Å². The van der Waals surface area contributed by atoms with E-state index in [2.05, 4.69) is 49.8 Å². The Morgan fingerprint density at radius 3 is 2.13 bits per heavy atom. The summed E-state index contributed by atoms with van der Waals surface area (Å²) in [6.07, 6.45) is 2.26. The summed E-state index contributed by atoms with van der Waals surface area (Å²) < 4.78 is 0. The smallest absolute Gasteiger partial charge is 0.345 e. The van der Waals surface area contributed by atoms with E-state index in [1.54, 1.807) is 12.1 Å². The average Bonchev–Trinajstić information content (AvgIpc) is 2.71. The Balaban J connectivity index is 1.80. The number of nitrogens with one attached hydrogen (secondary N) is 1. The Hall–Kier alpha value is -3.21. The second kappa shape index (κ2) is 6.94. The maximum Gasteiger partial charge on any atom is 0.345 e. The number of aromatic amines is 1. The zero-order valence-electron chi connectivity index (χ0n) is 17.7. The molecule has 30 heavy (non-hydrogen) atoms. The van der Waals surface area contributed by atoms with E-state index in [0.717, 1.165) is 24.0 Å². The lowest BCUT2D eigenvalue weighted by molar-refractivity contribution is 0.0697. The minimum Gasteiger partial charge on any atom is -0.478 e. The molecule has 0 fully saturated rings. The first kappa shape index (κ1) is 20.1. The van der Waals surface area contributed by atoms with Crippen molar-refractivity contribution in [2.75, 3.05) is 0 Å². The molecule has 1 heterocycles. The van der Waals surface area contributed by atoms with Crippen molar-refractivity contribution in [3.8, 4) is 22.5 Å². The lowest BCUT2D eigenvalue weighted by Crippen LogP contribution is -2.33. The van der Waals surface area contributed by atoms with Gasteiger partial charge in [-0.2, -0.15) is 4.98 Å². The van der Waals surface area contributed by atoms with Crippen molar-refractivity contribution in [2.45, 2.75) is 51.4 Å². The molecule has 0 saturated heterocycles. The molecule has 0 atom stereocenters. The first-order valence-corrected chi connectivity index (χ1v) is 10.2. The van der Waals surface area contributed by atoms with Crippen LogP contribution in [0.15, 0.2) is 53.3 Å². The summed E-state index contributed by atoms with van der Waals surface area (Å²) in [5, 5.41) is 9.09. The summed E-state index contributed by atoms with van der Waals surface area (Å²) in [6.45, 7) is 9.10. The Bertz CT molecular complexity index is 1190. The number of hydrogen-bond donors (Lipinski definition) is 2. The van der Waals surface area contributed by atoms with Crippen LogP contribution in [0.25, 0.3) is 22.5 Å². The highest BCUT2D eigenvalue weighted by atomic mass is 16.4. The molecule has 0 radical (unpaired) electrons.